The zero-order chi connectivity index (χ0) is 14.3. The average Bonchev–Trinajstić information content (AvgIpc) is 2.35. The summed E-state index contributed by atoms with van der Waals surface area (Å²) in [5.74, 6) is -1.83. The minimum atomic E-state index is -1.21. The lowest BCUT2D eigenvalue weighted by Gasteiger charge is -2.30. The van der Waals surface area contributed by atoms with Crippen molar-refractivity contribution in [1.82, 2.24) is 0 Å². The van der Waals surface area contributed by atoms with Crippen molar-refractivity contribution < 1.29 is 15.0 Å². The molecule has 0 fully saturated rings. The molecule has 2 atom stereocenters. The lowest BCUT2D eigenvalue weighted by atomic mass is 9.80. The standard InChI is InChI=1S/C16H24O3/c1-3-4-5-9-12-16(2,19)14(15(17)18)13-10-7-6-8-11-13/h6-8,10-11,14,19H,3-5,9,12H2,1-2H3,(H,17,18)/t14-,16-/m1/s1. The Morgan fingerprint density at radius 2 is 1.84 bits per heavy atom. The van der Waals surface area contributed by atoms with Crippen LogP contribution in [-0.2, 0) is 4.79 Å². The van der Waals surface area contributed by atoms with E-state index in [2.05, 4.69) is 6.92 Å². The number of rotatable bonds is 8. The van der Waals surface area contributed by atoms with Crippen molar-refractivity contribution in [3.05, 3.63) is 35.9 Å². The fourth-order valence-electron chi connectivity index (χ4n) is 2.47. The Kier molecular flexibility index (Phi) is 6.03. The number of aliphatic hydroxyl groups is 1. The van der Waals surface area contributed by atoms with Gasteiger partial charge in [0.1, 0.15) is 5.92 Å². The van der Waals surface area contributed by atoms with Gasteiger partial charge < -0.3 is 10.2 Å². The predicted octanol–water partition coefficient (Wildman–Crippen LogP) is 3.58. The topological polar surface area (TPSA) is 57.5 Å². The second kappa shape index (κ2) is 7.29. The zero-order valence-corrected chi connectivity index (χ0v) is 11.8. The van der Waals surface area contributed by atoms with Gasteiger partial charge in [0, 0.05) is 0 Å². The molecule has 0 saturated carbocycles. The van der Waals surface area contributed by atoms with E-state index in [1.165, 1.54) is 0 Å². The minimum absolute atomic E-state index is 0.513. The fourth-order valence-corrected chi connectivity index (χ4v) is 2.47. The van der Waals surface area contributed by atoms with Gasteiger partial charge in [-0.15, -0.1) is 0 Å². The zero-order valence-electron chi connectivity index (χ0n) is 11.8. The van der Waals surface area contributed by atoms with Crippen LogP contribution in [0.4, 0.5) is 0 Å². The second-order valence-corrected chi connectivity index (χ2v) is 5.35. The van der Waals surface area contributed by atoms with Crippen molar-refractivity contribution in [2.45, 2.75) is 57.5 Å². The number of hydrogen-bond donors (Lipinski definition) is 2. The molecule has 3 nitrogen and oxygen atoms in total. The molecule has 0 spiro atoms. The van der Waals surface area contributed by atoms with Gasteiger partial charge in [0.25, 0.3) is 0 Å². The molecule has 0 aromatic heterocycles. The Balaban J connectivity index is 2.77. The van der Waals surface area contributed by atoms with Crippen molar-refractivity contribution >= 4 is 5.97 Å². The molecule has 1 aromatic carbocycles. The van der Waals surface area contributed by atoms with Crippen LogP contribution in [0, 0.1) is 0 Å². The van der Waals surface area contributed by atoms with E-state index in [0.717, 1.165) is 25.7 Å². The molecular weight excluding hydrogens is 240 g/mol. The average molecular weight is 264 g/mol. The van der Waals surface area contributed by atoms with E-state index >= 15 is 0 Å². The van der Waals surface area contributed by atoms with Gasteiger partial charge in [0.05, 0.1) is 5.60 Å². The van der Waals surface area contributed by atoms with E-state index in [4.69, 9.17) is 0 Å². The highest BCUT2D eigenvalue weighted by Crippen LogP contribution is 2.32. The largest absolute Gasteiger partial charge is 0.481 e. The SMILES string of the molecule is CCCCCC[C@@](C)(O)[C@@H](C(=O)O)c1ccccc1. The third kappa shape index (κ3) is 4.67. The van der Waals surface area contributed by atoms with Crippen molar-refractivity contribution in [2.75, 3.05) is 0 Å². The summed E-state index contributed by atoms with van der Waals surface area (Å²) in [7, 11) is 0. The van der Waals surface area contributed by atoms with E-state index in [-0.39, 0.29) is 0 Å². The van der Waals surface area contributed by atoms with Crippen molar-refractivity contribution in [3.63, 3.8) is 0 Å². The summed E-state index contributed by atoms with van der Waals surface area (Å²) in [5, 5.41) is 19.9. The summed E-state index contributed by atoms with van der Waals surface area (Å²) in [6.07, 6.45) is 4.66. The number of hydrogen-bond acceptors (Lipinski definition) is 2. The van der Waals surface area contributed by atoms with Crippen LogP contribution in [0.1, 0.15) is 57.4 Å². The molecule has 0 saturated heterocycles. The van der Waals surface area contributed by atoms with Crippen LogP contribution in [0.3, 0.4) is 0 Å². The van der Waals surface area contributed by atoms with Gasteiger partial charge >= 0.3 is 5.97 Å². The summed E-state index contributed by atoms with van der Waals surface area (Å²) >= 11 is 0. The smallest absolute Gasteiger partial charge is 0.313 e. The number of unbranched alkanes of at least 4 members (excludes halogenated alkanes) is 3. The first-order valence-electron chi connectivity index (χ1n) is 6.99. The Labute approximate surface area is 115 Å². The molecule has 0 radical (unpaired) electrons. The van der Waals surface area contributed by atoms with Gasteiger partial charge in [0.2, 0.25) is 0 Å². The third-order valence-electron chi connectivity index (χ3n) is 3.54. The molecule has 1 rings (SSSR count). The van der Waals surface area contributed by atoms with Crippen LogP contribution < -0.4 is 0 Å². The number of aliphatic carboxylic acids is 1. The third-order valence-corrected chi connectivity index (χ3v) is 3.54. The van der Waals surface area contributed by atoms with Crippen LogP contribution in [-0.4, -0.2) is 21.8 Å². The molecule has 0 heterocycles. The van der Waals surface area contributed by atoms with Crippen molar-refractivity contribution in [2.24, 2.45) is 0 Å². The normalized spacial score (nSPS) is 15.7. The lowest BCUT2D eigenvalue weighted by Crippen LogP contribution is -2.37. The van der Waals surface area contributed by atoms with E-state index in [9.17, 15) is 15.0 Å². The molecule has 0 aliphatic heterocycles. The van der Waals surface area contributed by atoms with Crippen LogP contribution in [0.5, 0.6) is 0 Å². The number of carboxylic acids is 1. The highest BCUT2D eigenvalue weighted by molar-refractivity contribution is 5.77. The fraction of sp³-hybridized carbons (Fsp3) is 0.562. The summed E-state index contributed by atoms with van der Waals surface area (Å²) < 4.78 is 0. The molecule has 0 aliphatic rings. The first-order chi connectivity index (χ1) is 8.99. The van der Waals surface area contributed by atoms with Crippen LogP contribution in [0.2, 0.25) is 0 Å². The first-order valence-corrected chi connectivity index (χ1v) is 6.99. The molecule has 1 aromatic rings. The molecule has 0 amide bonds. The Morgan fingerprint density at radius 3 is 2.37 bits per heavy atom. The molecule has 106 valence electrons. The van der Waals surface area contributed by atoms with E-state index in [1.807, 2.05) is 6.07 Å². The van der Waals surface area contributed by atoms with Crippen molar-refractivity contribution in [3.8, 4) is 0 Å². The Hall–Kier alpha value is -1.35. The second-order valence-electron chi connectivity index (χ2n) is 5.35. The van der Waals surface area contributed by atoms with E-state index in [1.54, 1.807) is 31.2 Å². The van der Waals surface area contributed by atoms with Crippen LogP contribution in [0.15, 0.2) is 30.3 Å². The highest BCUT2D eigenvalue weighted by atomic mass is 16.4. The van der Waals surface area contributed by atoms with E-state index < -0.39 is 17.5 Å². The predicted molar refractivity (Wildman–Crippen MR) is 76.2 cm³/mol. The molecule has 2 N–H and O–H groups in total. The molecule has 3 heteroatoms. The number of carbonyl (C=O) groups is 1. The summed E-state index contributed by atoms with van der Waals surface area (Å²) in [4.78, 5) is 11.5. The maximum absolute atomic E-state index is 11.5. The molecular formula is C16H24O3. The monoisotopic (exact) mass is 264 g/mol. The number of carboxylic acid groups (broad SMARTS) is 1. The van der Waals surface area contributed by atoms with Gasteiger partial charge in [-0.2, -0.15) is 0 Å². The first kappa shape index (κ1) is 15.7. The Bertz CT molecular complexity index is 384. The quantitative estimate of drug-likeness (QED) is 0.706. The molecule has 0 aliphatic carbocycles. The van der Waals surface area contributed by atoms with Crippen molar-refractivity contribution in [1.29, 1.82) is 0 Å². The molecule has 0 unspecified atom stereocenters. The van der Waals surface area contributed by atoms with Gasteiger partial charge in [-0.3, -0.25) is 4.79 Å². The summed E-state index contributed by atoms with van der Waals surface area (Å²) in [6.45, 7) is 3.76. The van der Waals surface area contributed by atoms with Gasteiger partial charge in [-0.25, -0.2) is 0 Å². The van der Waals surface area contributed by atoms with Gasteiger partial charge in [0.15, 0.2) is 0 Å². The maximum Gasteiger partial charge on any atom is 0.313 e. The summed E-state index contributed by atoms with van der Waals surface area (Å²) in [6, 6.07) is 8.98. The summed E-state index contributed by atoms with van der Waals surface area (Å²) in [5.41, 5.74) is -0.545. The van der Waals surface area contributed by atoms with Gasteiger partial charge in [-0.05, 0) is 18.9 Å². The molecule has 0 bridgehead atoms. The maximum atomic E-state index is 11.5. The number of benzene rings is 1. The van der Waals surface area contributed by atoms with Gasteiger partial charge in [-0.1, -0.05) is 62.9 Å². The Morgan fingerprint density at radius 1 is 1.21 bits per heavy atom. The molecule has 19 heavy (non-hydrogen) atoms. The van der Waals surface area contributed by atoms with E-state index in [0.29, 0.717) is 12.0 Å². The highest BCUT2D eigenvalue weighted by Gasteiger charge is 2.38. The van der Waals surface area contributed by atoms with Crippen LogP contribution >= 0.6 is 0 Å². The minimum Gasteiger partial charge on any atom is -0.481 e. The lowest BCUT2D eigenvalue weighted by molar-refractivity contribution is -0.145. The van der Waals surface area contributed by atoms with Crippen LogP contribution in [0.25, 0.3) is 0 Å².